The molecule has 2 N–H and O–H groups in total. The molecule has 0 saturated carbocycles. The second kappa shape index (κ2) is 5.40. The molecule has 6 nitrogen and oxygen atoms in total. The van der Waals surface area contributed by atoms with Crippen molar-refractivity contribution in [3.05, 3.63) is 29.6 Å². The van der Waals surface area contributed by atoms with Crippen molar-refractivity contribution in [3.63, 3.8) is 0 Å². The van der Waals surface area contributed by atoms with Crippen LogP contribution in [0.1, 0.15) is 5.56 Å². The lowest BCUT2D eigenvalue weighted by Gasteiger charge is -2.26. The molecular weight excluding hydrogens is 307 g/mol. The van der Waals surface area contributed by atoms with E-state index in [1.165, 1.54) is 12.1 Å². The second-order valence-corrected chi connectivity index (χ2v) is 8.69. The highest BCUT2D eigenvalue weighted by molar-refractivity contribution is 7.92. The summed E-state index contributed by atoms with van der Waals surface area (Å²) in [5.41, 5.74) is 5.32. The molecule has 0 aromatic heterocycles. The monoisotopic (exact) mass is 322 g/mol. The van der Waals surface area contributed by atoms with E-state index in [1.807, 2.05) is 0 Å². The maximum absolute atomic E-state index is 13.6. The lowest BCUT2D eigenvalue weighted by atomic mass is 10.2. The molecule has 0 radical (unpaired) electrons. The zero-order valence-electron chi connectivity index (χ0n) is 10.6. The molecule has 20 heavy (non-hydrogen) atoms. The molecule has 1 aromatic rings. The molecule has 0 amide bonds. The van der Waals surface area contributed by atoms with Gasteiger partial charge in [-0.1, -0.05) is 6.07 Å². The van der Waals surface area contributed by atoms with Crippen LogP contribution in [0.25, 0.3) is 0 Å². The minimum absolute atomic E-state index is 0.0825. The summed E-state index contributed by atoms with van der Waals surface area (Å²) in [6.07, 6.45) is 0. The smallest absolute Gasteiger partial charge is 0.243 e. The van der Waals surface area contributed by atoms with Gasteiger partial charge in [0, 0.05) is 25.2 Å². The number of hydrogen-bond acceptors (Lipinski definition) is 5. The van der Waals surface area contributed by atoms with Crippen molar-refractivity contribution in [1.82, 2.24) is 4.31 Å². The van der Waals surface area contributed by atoms with Gasteiger partial charge in [-0.05, 0) is 12.1 Å². The van der Waals surface area contributed by atoms with Gasteiger partial charge in [0.25, 0.3) is 0 Å². The summed E-state index contributed by atoms with van der Waals surface area (Å²) in [5.74, 6) is -1.13. The van der Waals surface area contributed by atoms with E-state index in [0.717, 1.165) is 10.4 Å². The third-order valence-corrected chi connectivity index (χ3v) is 6.79. The van der Waals surface area contributed by atoms with Gasteiger partial charge in [-0.25, -0.2) is 21.2 Å². The van der Waals surface area contributed by atoms with Crippen LogP contribution in [0.2, 0.25) is 0 Å². The minimum atomic E-state index is -3.93. The van der Waals surface area contributed by atoms with Crippen LogP contribution in [0.15, 0.2) is 23.1 Å². The van der Waals surface area contributed by atoms with Crippen molar-refractivity contribution in [2.75, 3.05) is 24.6 Å². The lowest BCUT2D eigenvalue weighted by molar-refractivity contribution is 0.429. The maximum Gasteiger partial charge on any atom is 0.243 e. The molecule has 0 aliphatic carbocycles. The van der Waals surface area contributed by atoms with Gasteiger partial charge < -0.3 is 5.73 Å². The molecule has 2 rings (SSSR count). The average molecular weight is 322 g/mol. The van der Waals surface area contributed by atoms with E-state index in [2.05, 4.69) is 0 Å². The number of halogens is 1. The molecular formula is C11H15FN2O4S2. The number of nitrogens with zero attached hydrogens (tertiary/aromatic N) is 1. The van der Waals surface area contributed by atoms with Gasteiger partial charge >= 0.3 is 0 Å². The van der Waals surface area contributed by atoms with Gasteiger partial charge in [0.2, 0.25) is 10.0 Å². The van der Waals surface area contributed by atoms with Crippen molar-refractivity contribution in [2.45, 2.75) is 11.4 Å². The Balaban J connectivity index is 2.39. The topological polar surface area (TPSA) is 97.5 Å². The average Bonchev–Trinajstić information content (AvgIpc) is 2.38. The van der Waals surface area contributed by atoms with Gasteiger partial charge in [-0.3, -0.25) is 0 Å². The third kappa shape index (κ3) is 2.85. The van der Waals surface area contributed by atoms with Crippen LogP contribution < -0.4 is 5.73 Å². The van der Waals surface area contributed by atoms with Crippen LogP contribution in [0.3, 0.4) is 0 Å². The molecule has 0 spiro atoms. The van der Waals surface area contributed by atoms with E-state index < -0.39 is 25.7 Å². The molecule has 1 heterocycles. The molecule has 9 heteroatoms. The first-order valence-corrected chi connectivity index (χ1v) is 9.22. The molecule has 112 valence electrons. The largest absolute Gasteiger partial charge is 0.326 e. The fourth-order valence-electron chi connectivity index (χ4n) is 2.05. The van der Waals surface area contributed by atoms with Gasteiger partial charge in [0.05, 0.1) is 16.4 Å². The van der Waals surface area contributed by atoms with E-state index in [1.54, 1.807) is 0 Å². The number of sulfone groups is 1. The maximum atomic E-state index is 13.6. The molecule has 0 bridgehead atoms. The molecule has 1 saturated heterocycles. The van der Waals surface area contributed by atoms with E-state index in [4.69, 9.17) is 5.73 Å². The first kappa shape index (κ1) is 15.4. The van der Waals surface area contributed by atoms with Crippen molar-refractivity contribution < 1.29 is 21.2 Å². The molecule has 0 unspecified atom stereocenters. The van der Waals surface area contributed by atoms with Gasteiger partial charge in [0.15, 0.2) is 9.84 Å². The van der Waals surface area contributed by atoms with Crippen LogP contribution in [0.4, 0.5) is 4.39 Å². The Bertz CT molecular complexity index is 702. The quantitative estimate of drug-likeness (QED) is 0.824. The van der Waals surface area contributed by atoms with Crippen molar-refractivity contribution >= 4 is 19.9 Å². The molecule has 1 aliphatic heterocycles. The predicted octanol–water partition coefficient (Wildman–Crippen LogP) is -0.296. The van der Waals surface area contributed by atoms with E-state index >= 15 is 0 Å². The number of rotatable bonds is 3. The van der Waals surface area contributed by atoms with E-state index in [-0.39, 0.29) is 41.6 Å². The van der Waals surface area contributed by atoms with E-state index in [0.29, 0.717) is 0 Å². The summed E-state index contributed by atoms with van der Waals surface area (Å²) in [6, 6.07) is 3.72. The van der Waals surface area contributed by atoms with Crippen LogP contribution in [0, 0.1) is 5.82 Å². The highest BCUT2D eigenvalue weighted by Crippen LogP contribution is 2.23. The molecule has 0 atom stereocenters. The number of hydrogen-bond donors (Lipinski definition) is 1. The predicted molar refractivity (Wildman–Crippen MR) is 71.7 cm³/mol. The Labute approximate surface area is 117 Å². The highest BCUT2D eigenvalue weighted by Gasteiger charge is 2.32. The highest BCUT2D eigenvalue weighted by atomic mass is 32.2. The standard InChI is InChI=1S/C11H15FN2O4S2/c12-10-2-1-3-11(9(10)8-13)20(17,18)14-4-6-19(15,16)7-5-14/h1-3H,4-8,13H2. The minimum Gasteiger partial charge on any atom is -0.326 e. The number of sulfonamides is 1. The normalized spacial score (nSPS) is 19.9. The summed E-state index contributed by atoms with van der Waals surface area (Å²) in [4.78, 5) is -0.195. The first-order chi connectivity index (χ1) is 9.28. The lowest BCUT2D eigenvalue weighted by Crippen LogP contribution is -2.44. The SMILES string of the molecule is NCc1c(F)cccc1S(=O)(=O)N1CCS(=O)(=O)CC1. The Hall–Kier alpha value is -1.03. The Morgan fingerprint density at radius 3 is 2.40 bits per heavy atom. The first-order valence-electron chi connectivity index (χ1n) is 5.96. The summed E-state index contributed by atoms with van der Waals surface area (Å²) in [6.45, 7) is -0.482. The van der Waals surface area contributed by atoms with Gasteiger partial charge in [-0.2, -0.15) is 4.31 Å². The van der Waals surface area contributed by atoms with Crippen LogP contribution in [0.5, 0.6) is 0 Å². The molecule has 1 aliphatic rings. The Morgan fingerprint density at radius 2 is 1.85 bits per heavy atom. The summed E-state index contributed by atoms with van der Waals surface area (Å²) in [5, 5.41) is 0. The number of nitrogens with two attached hydrogens (primary N) is 1. The zero-order valence-corrected chi connectivity index (χ0v) is 12.3. The van der Waals surface area contributed by atoms with Crippen molar-refractivity contribution in [2.24, 2.45) is 5.73 Å². The van der Waals surface area contributed by atoms with Crippen LogP contribution in [-0.4, -0.2) is 45.7 Å². The molecule has 1 fully saturated rings. The zero-order chi connectivity index (χ0) is 15.0. The number of benzene rings is 1. The van der Waals surface area contributed by atoms with E-state index in [9.17, 15) is 21.2 Å². The van der Waals surface area contributed by atoms with Crippen LogP contribution in [-0.2, 0) is 26.4 Å². The Morgan fingerprint density at radius 1 is 1.25 bits per heavy atom. The summed E-state index contributed by atoms with van der Waals surface area (Å²) < 4.78 is 62.2. The van der Waals surface area contributed by atoms with Crippen molar-refractivity contribution in [1.29, 1.82) is 0 Å². The second-order valence-electron chi connectivity index (χ2n) is 4.48. The Kier molecular flexibility index (Phi) is 4.14. The van der Waals surface area contributed by atoms with Gasteiger partial charge in [0.1, 0.15) is 5.82 Å². The fraction of sp³-hybridized carbons (Fsp3) is 0.455. The summed E-state index contributed by atoms with van der Waals surface area (Å²) in [7, 11) is -7.12. The fourth-order valence-corrected chi connectivity index (χ4v) is 5.17. The van der Waals surface area contributed by atoms with Crippen LogP contribution >= 0.6 is 0 Å². The van der Waals surface area contributed by atoms with Gasteiger partial charge in [-0.15, -0.1) is 0 Å². The molecule has 1 aromatic carbocycles. The third-order valence-electron chi connectivity index (χ3n) is 3.20. The van der Waals surface area contributed by atoms with Crippen molar-refractivity contribution in [3.8, 4) is 0 Å². The summed E-state index contributed by atoms with van der Waals surface area (Å²) >= 11 is 0.